The van der Waals surface area contributed by atoms with Crippen molar-refractivity contribution in [3.8, 4) is 0 Å². The maximum absolute atomic E-state index is 11.5. The number of nitrogens with one attached hydrogen (secondary N) is 1. The van der Waals surface area contributed by atoms with Crippen LogP contribution in [-0.2, 0) is 14.3 Å². The molecule has 5 heteroatoms. The summed E-state index contributed by atoms with van der Waals surface area (Å²) in [5, 5.41) is 2.84. The second-order valence-electron chi connectivity index (χ2n) is 4.54. The Balaban J connectivity index is 2.10. The number of nitrogens with two attached hydrogens (primary N) is 1. The van der Waals surface area contributed by atoms with Crippen molar-refractivity contribution < 1.29 is 14.3 Å². The molecule has 0 spiro atoms. The molecule has 0 aromatic rings. The molecule has 5 nitrogen and oxygen atoms in total. The van der Waals surface area contributed by atoms with E-state index in [2.05, 4.69) is 5.32 Å². The predicted octanol–water partition coefficient (Wildman–Crippen LogP) is 0.245. The van der Waals surface area contributed by atoms with Gasteiger partial charge in [-0.2, -0.15) is 0 Å². The van der Waals surface area contributed by atoms with Crippen molar-refractivity contribution in [2.24, 2.45) is 17.6 Å². The quantitative estimate of drug-likeness (QED) is 0.699. The number of ether oxygens (including phenoxy) is 1. The Morgan fingerprint density at radius 1 is 1.47 bits per heavy atom. The lowest BCUT2D eigenvalue weighted by Crippen LogP contribution is -2.33. The molecule has 0 bridgehead atoms. The number of carbonyl (C=O) groups is 2. The fourth-order valence-corrected chi connectivity index (χ4v) is 1.67. The van der Waals surface area contributed by atoms with E-state index >= 15 is 0 Å². The lowest BCUT2D eigenvalue weighted by molar-refractivity contribution is -0.121. The van der Waals surface area contributed by atoms with Crippen LogP contribution in [0, 0.1) is 18.3 Å². The zero-order valence-corrected chi connectivity index (χ0v) is 10.3. The highest BCUT2D eigenvalue weighted by molar-refractivity contribution is 5.85. The van der Waals surface area contributed by atoms with Crippen molar-refractivity contribution in [1.82, 2.24) is 5.32 Å². The molecule has 3 N–H and O–H groups in total. The minimum absolute atomic E-state index is 0.121. The van der Waals surface area contributed by atoms with Crippen LogP contribution in [0.5, 0.6) is 0 Å². The van der Waals surface area contributed by atoms with Crippen LogP contribution in [0.4, 0.5) is 0 Å². The smallest absolute Gasteiger partial charge is 0.223 e. The molecule has 1 atom stereocenters. The molecule has 0 aliphatic carbocycles. The van der Waals surface area contributed by atoms with Crippen LogP contribution >= 0.6 is 0 Å². The molecule has 1 aliphatic rings. The van der Waals surface area contributed by atoms with Crippen LogP contribution in [0.2, 0.25) is 0 Å². The van der Waals surface area contributed by atoms with E-state index in [0.29, 0.717) is 18.9 Å². The summed E-state index contributed by atoms with van der Waals surface area (Å²) in [5.74, 6) is -0.276. The van der Waals surface area contributed by atoms with Crippen molar-refractivity contribution in [1.29, 1.82) is 0 Å². The van der Waals surface area contributed by atoms with Crippen LogP contribution in [0.1, 0.15) is 26.2 Å². The van der Waals surface area contributed by atoms with Gasteiger partial charge in [0.05, 0.1) is 6.42 Å². The molecule has 1 saturated heterocycles. The molecule has 1 fully saturated rings. The maximum atomic E-state index is 11.5. The number of rotatable bonds is 6. The van der Waals surface area contributed by atoms with Gasteiger partial charge in [0.1, 0.15) is 0 Å². The van der Waals surface area contributed by atoms with Gasteiger partial charge in [0.15, 0.2) is 0 Å². The summed E-state index contributed by atoms with van der Waals surface area (Å²) in [4.78, 5) is 22.2. The molecule has 1 heterocycles. The Kier molecular flexibility index (Phi) is 5.97. The third-order valence-electron chi connectivity index (χ3n) is 3.05. The van der Waals surface area contributed by atoms with Gasteiger partial charge < -0.3 is 15.8 Å². The van der Waals surface area contributed by atoms with E-state index in [9.17, 15) is 9.59 Å². The predicted molar refractivity (Wildman–Crippen MR) is 63.8 cm³/mol. The largest absolute Gasteiger partial charge is 0.381 e. The molecule has 0 aromatic carbocycles. The zero-order chi connectivity index (χ0) is 12.7. The summed E-state index contributed by atoms with van der Waals surface area (Å²) in [7, 11) is 0. The highest BCUT2D eigenvalue weighted by Crippen LogP contribution is 2.13. The molecule has 1 rings (SSSR count). The van der Waals surface area contributed by atoms with Crippen LogP contribution in [0.3, 0.4) is 0 Å². The Hall–Kier alpha value is -1.10. The SMILES string of the molecule is C[C@@H](C[CH]C(=O)NCC1CCOCC1)C(N)=O. The average molecular weight is 241 g/mol. The summed E-state index contributed by atoms with van der Waals surface area (Å²) >= 11 is 0. The highest BCUT2D eigenvalue weighted by Gasteiger charge is 2.15. The number of primary amides is 1. The molecule has 1 aliphatic heterocycles. The Bertz CT molecular complexity index is 262. The minimum Gasteiger partial charge on any atom is -0.381 e. The fraction of sp³-hybridized carbons (Fsp3) is 0.750. The topological polar surface area (TPSA) is 81.4 Å². The van der Waals surface area contributed by atoms with Crippen molar-refractivity contribution >= 4 is 11.8 Å². The van der Waals surface area contributed by atoms with E-state index < -0.39 is 0 Å². The molecule has 97 valence electrons. The Morgan fingerprint density at radius 2 is 2.12 bits per heavy atom. The van der Waals surface area contributed by atoms with Gasteiger partial charge in [-0.25, -0.2) is 0 Å². The standard InChI is InChI=1S/C12H21N2O3/c1-9(12(13)16)2-3-11(15)14-8-10-4-6-17-7-5-10/h3,9-10H,2,4-8H2,1H3,(H2,13,16)(H,14,15)/t9-/m0/s1. The van der Waals surface area contributed by atoms with Crippen molar-refractivity contribution in [3.63, 3.8) is 0 Å². The lowest BCUT2D eigenvalue weighted by atomic mass is 10.00. The molecule has 0 saturated carbocycles. The number of carbonyl (C=O) groups excluding carboxylic acids is 2. The first-order chi connectivity index (χ1) is 8.09. The molecule has 0 unspecified atom stereocenters. The number of amides is 2. The monoisotopic (exact) mass is 241 g/mol. The summed E-state index contributed by atoms with van der Waals surface area (Å²) in [6.07, 6.45) is 3.89. The summed E-state index contributed by atoms with van der Waals surface area (Å²) in [5.41, 5.74) is 5.11. The van der Waals surface area contributed by atoms with Crippen LogP contribution < -0.4 is 11.1 Å². The van der Waals surface area contributed by atoms with Gasteiger partial charge in [-0.15, -0.1) is 0 Å². The highest BCUT2D eigenvalue weighted by atomic mass is 16.5. The molecule has 2 amide bonds. The van der Waals surface area contributed by atoms with Gasteiger partial charge in [0.2, 0.25) is 11.8 Å². The number of hydrogen-bond donors (Lipinski definition) is 2. The van der Waals surface area contributed by atoms with Crippen LogP contribution in [0.15, 0.2) is 0 Å². The molecule has 17 heavy (non-hydrogen) atoms. The molecular formula is C12H21N2O3. The minimum atomic E-state index is -0.376. The van der Waals surface area contributed by atoms with Gasteiger partial charge in [-0.1, -0.05) is 6.92 Å². The van der Waals surface area contributed by atoms with E-state index in [-0.39, 0.29) is 17.7 Å². The molecule has 1 radical (unpaired) electrons. The first-order valence-electron chi connectivity index (χ1n) is 6.07. The van der Waals surface area contributed by atoms with Crippen LogP contribution in [0.25, 0.3) is 0 Å². The second kappa shape index (κ2) is 7.27. The fourth-order valence-electron chi connectivity index (χ4n) is 1.67. The van der Waals surface area contributed by atoms with E-state index in [0.717, 1.165) is 26.1 Å². The second-order valence-corrected chi connectivity index (χ2v) is 4.54. The first kappa shape index (κ1) is 14.0. The summed E-state index contributed by atoms with van der Waals surface area (Å²) in [6.45, 7) is 3.96. The van der Waals surface area contributed by atoms with Gasteiger partial charge in [0.25, 0.3) is 0 Å². The van der Waals surface area contributed by atoms with Crippen LogP contribution in [-0.4, -0.2) is 31.6 Å². The number of hydrogen-bond acceptors (Lipinski definition) is 3. The van der Waals surface area contributed by atoms with E-state index in [1.165, 1.54) is 6.42 Å². The van der Waals surface area contributed by atoms with E-state index in [1.54, 1.807) is 6.92 Å². The maximum Gasteiger partial charge on any atom is 0.223 e. The average Bonchev–Trinajstić information content (AvgIpc) is 2.34. The third kappa shape index (κ3) is 5.68. The normalized spacial score (nSPS) is 18.6. The first-order valence-corrected chi connectivity index (χ1v) is 6.07. The molecule has 0 aromatic heterocycles. The summed E-state index contributed by atoms with van der Waals surface area (Å²) < 4.78 is 5.24. The zero-order valence-electron chi connectivity index (χ0n) is 10.3. The Morgan fingerprint density at radius 3 is 2.71 bits per heavy atom. The Labute approximate surface area is 102 Å². The lowest BCUT2D eigenvalue weighted by Gasteiger charge is -2.22. The third-order valence-corrected chi connectivity index (χ3v) is 3.05. The van der Waals surface area contributed by atoms with Gasteiger partial charge >= 0.3 is 0 Å². The van der Waals surface area contributed by atoms with E-state index in [1.807, 2.05) is 0 Å². The van der Waals surface area contributed by atoms with Gasteiger partial charge in [0, 0.05) is 25.7 Å². The van der Waals surface area contributed by atoms with Crippen molar-refractivity contribution in [3.05, 3.63) is 6.42 Å². The van der Waals surface area contributed by atoms with E-state index in [4.69, 9.17) is 10.5 Å². The van der Waals surface area contributed by atoms with Gasteiger partial charge in [-0.3, -0.25) is 9.59 Å². The molecular weight excluding hydrogens is 220 g/mol. The van der Waals surface area contributed by atoms with Crippen molar-refractivity contribution in [2.45, 2.75) is 26.2 Å². The van der Waals surface area contributed by atoms with Crippen molar-refractivity contribution in [2.75, 3.05) is 19.8 Å². The van der Waals surface area contributed by atoms with Gasteiger partial charge in [-0.05, 0) is 25.2 Å². The summed E-state index contributed by atoms with van der Waals surface area (Å²) in [6, 6.07) is 0.